The molecule has 0 amide bonds. The predicted octanol–water partition coefficient (Wildman–Crippen LogP) is 0.285. The molecule has 0 aliphatic carbocycles. The fourth-order valence-corrected chi connectivity index (χ4v) is 3.38. The molecule has 0 aliphatic rings. The Morgan fingerprint density at radius 2 is 1.69 bits per heavy atom. The molecule has 1 N–H and O–H groups in total. The number of hydrogen-bond acceptors (Lipinski definition) is 3. The van der Waals surface area contributed by atoms with E-state index >= 15 is 0 Å². The zero-order valence-electron chi connectivity index (χ0n) is 9.80. The molecule has 80 valence electrons. The summed E-state index contributed by atoms with van der Waals surface area (Å²) in [4.78, 5) is 8.09. The average Bonchev–Trinajstić information content (AvgIpc) is 2.02. The van der Waals surface area contributed by atoms with Crippen LogP contribution in [0, 0.1) is 0 Å². The third kappa shape index (κ3) is 6.21. The van der Waals surface area contributed by atoms with Gasteiger partial charge in [0.2, 0.25) is 0 Å². The van der Waals surface area contributed by atoms with Crippen LogP contribution in [0.15, 0.2) is 0 Å². The number of rotatable bonds is 7. The minimum absolute atomic E-state index is 0.0660. The molecule has 0 aromatic carbocycles. The van der Waals surface area contributed by atoms with Crippen molar-refractivity contribution in [2.75, 3.05) is 28.2 Å². The maximum Gasteiger partial charge on any atom is 0.109 e. The van der Waals surface area contributed by atoms with Gasteiger partial charge in [-0.05, 0) is 34.2 Å². The second-order valence-electron chi connectivity index (χ2n) is 3.96. The van der Waals surface area contributed by atoms with Gasteiger partial charge < -0.3 is 4.98 Å². The molecule has 0 radical (unpaired) electrons. The second kappa shape index (κ2) is 7.50. The van der Waals surface area contributed by atoms with Crippen molar-refractivity contribution < 1.29 is 0 Å². The highest BCUT2D eigenvalue weighted by Crippen LogP contribution is 1.95. The number of nitrogens with one attached hydrogen (secondary N) is 1. The van der Waals surface area contributed by atoms with Gasteiger partial charge in [0.15, 0.2) is 0 Å². The molecule has 0 unspecified atom stereocenters. The van der Waals surface area contributed by atoms with E-state index in [1.807, 2.05) is 0 Å². The Morgan fingerprint density at radius 1 is 1.15 bits per heavy atom. The summed E-state index contributed by atoms with van der Waals surface area (Å²) < 4.78 is 0. The van der Waals surface area contributed by atoms with Crippen LogP contribution in [0.4, 0.5) is 0 Å². The Kier molecular flexibility index (Phi) is 7.55. The number of hydrogen-bond donors (Lipinski definition) is 1. The van der Waals surface area contributed by atoms with Crippen molar-refractivity contribution in [1.82, 2.24) is 14.8 Å². The SMILES string of the molecule is CCCC[SiH2]NC(N(C)C)N(C)C. The van der Waals surface area contributed by atoms with E-state index in [-0.39, 0.29) is 9.68 Å². The molecular weight excluding hydrogens is 178 g/mol. The molecule has 0 aromatic heterocycles. The predicted molar refractivity (Wildman–Crippen MR) is 62.6 cm³/mol. The van der Waals surface area contributed by atoms with Crippen LogP contribution in [-0.2, 0) is 0 Å². The van der Waals surface area contributed by atoms with Crippen LogP contribution in [0.3, 0.4) is 0 Å². The standard InChI is InChI=1S/C9H25N3Si/c1-6-7-8-13-10-9(11(2)3)12(4)5/h9-10H,6-8,13H2,1-5H3. The lowest BCUT2D eigenvalue weighted by Gasteiger charge is -2.31. The summed E-state index contributed by atoms with van der Waals surface area (Å²) in [5.41, 5.74) is 0. The summed E-state index contributed by atoms with van der Waals surface area (Å²) in [6.07, 6.45) is 3.12. The van der Waals surface area contributed by atoms with Gasteiger partial charge in [0.05, 0.1) is 9.68 Å². The van der Waals surface area contributed by atoms with Gasteiger partial charge in [-0.3, -0.25) is 9.80 Å². The number of nitrogens with zero attached hydrogens (tertiary/aromatic N) is 2. The van der Waals surface area contributed by atoms with E-state index in [1.165, 1.54) is 18.9 Å². The van der Waals surface area contributed by atoms with Gasteiger partial charge in [0, 0.05) is 0 Å². The zero-order chi connectivity index (χ0) is 10.3. The molecule has 0 spiro atoms. The maximum absolute atomic E-state index is 3.64. The molecule has 4 heteroatoms. The van der Waals surface area contributed by atoms with Crippen molar-refractivity contribution in [3.8, 4) is 0 Å². The first-order chi connectivity index (χ1) is 6.09. The monoisotopic (exact) mass is 203 g/mol. The topological polar surface area (TPSA) is 18.5 Å². The van der Waals surface area contributed by atoms with Crippen LogP contribution >= 0.6 is 0 Å². The van der Waals surface area contributed by atoms with Gasteiger partial charge in [-0.25, -0.2) is 0 Å². The fraction of sp³-hybridized carbons (Fsp3) is 1.00. The first-order valence-corrected chi connectivity index (χ1v) is 6.86. The minimum atomic E-state index is -0.0660. The summed E-state index contributed by atoms with van der Waals surface area (Å²) in [7, 11) is 8.40. The lowest BCUT2D eigenvalue weighted by Crippen LogP contribution is -2.52. The molecule has 0 heterocycles. The van der Waals surface area contributed by atoms with Crippen LogP contribution in [0.25, 0.3) is 0 Å². The molecule has 0 bridgehead atoms. The van der Waals surface area contributed by atoms with E-state index in [0.717, 1.165) is 0 Å². The molecule has 0 aromatic rings. The van der Waals surface area contributed by atoms with Gasteiger partial charge in [-0.2, -0.15) is 0 Å². The van der Waals surface area contributed by atoms with E-state index in [2.05, 4.69) is 49.9 Å². The second-order valence-corrected chi connectivity index (χ2v) is 5.58. The third-order valence-corrected chi connectivity index (χ3v) is 3.59. The van der Waals surface area contributed by atoms with Gasteiger partial charge in [0.1, 0.15) is 6.29 Å². The van der Waals surface area contributed by atoms with E-state index in [9.17, 15) is 0 Å². The average molecular weight is 203 g/mol. The fourth-order valence-electron chi connectivity index (χ4n) is 1.43. The highest BCUT2D eigenvalue weighted by molar-refractivity contribution is 6.32. The summed E-state index contributed by atoms with van der Waals surface area (Å²) in [6.45, 7) is 2.25. The van der Waals surface area contributed by atoms with Gasteiger partial charge in [0.25, 0.3) is 0 Å². The van der Waals surface area contributed by atoms with Gasteiger partial charge >= 0.3 is 0 Å². The molecule has 3 nitrogen and oxygen atoms in total. The molecule has 0 fully saturated rings. The van der Waals surface area contributed by atoms with E-state index < -0.39 is 0 Å². The summed E-state index contributed by atoms with van der Waals surface area (Å²) in [6, 6.07) is 1.41. The van der Waals surface area contributed by atoms with E-state index in [0.29, 0.717) is 6.29 Å². The van der Waals surface area contributed by atoms with Crippen molar-refractivity contribution in [1.29, 1.82) is 0 Å². The van der Waals surface area contributed by atoms with Crippen LogP contribution < -0.4 is 4.98 Å². The van der Waals surface area contributed by atoms with Crippen LogP contribution in [0.1, 0.15) is 19.8 Å². The Balaban J connectivity index is 3.58. The van der Waals surface area contributed by atoms with Crippen molar-refractivity contribution in [2.24, 2.45) is 0 Å². The Hall–Kier alpha value is 0.0969. The Bertz CT molecular complexity index is 109. The van der Waals surface area contributed by atoms with E-state index in [1.54, 1.807) is 0 Å². The molecule has 0 saturated heterocycles. The minimum Gasteiger partial charge on any atom is -0.316 e. The first-order valence-electron chi connectivity index (χ1n) is 5.15. The van der Waals surface area contributed by atoms with Crippen molar-refractivity contribution in [2.45, 2.75) is 32.1 Å². The molecule has 0 atom stereocenters. The molecule has 0 rings (SSSR count). The van der Waals surface area contributed by atoms with Gasteiger partial charge in [-0.1, -0.05) is 19.8 Å². The lowest BCUT2D eigenvalue weighted by molar-refractivity contribution is 0.118. The summed E-state index contributed by atoms with van der Waals surface area (Å²) in [5, 5.41) is 0. The Labute approximate surface area is 85.4 Å². The molecule has 13 heavy (non-hydrogen) atoms. The molecular formula is C9H25N3Si. The quantitative estimate of drug-likeness (QED) is 0.364. The first kappa shape index (κ1) is 13.1. The van der Waals surface area contributed by atoms with Gasteiger partial charge in [-0.15, -0.1) is 0 Å². The van der Waals surface area contributed by atoms with Crippen molar-refractivity contribution in [3.63, 3.8) is 0 Å². The molecule has 0 aliphatic heterocycles. The van der Waals surface area contributed by atoms with E-state index in [4.69, 9.17) is 0 Å². The van der Waals surface area contributed by atoms with Crippen LogP contribution in [0.2, 0.25) is 6.04 Å². The maximum atomic E-state index is 3.64. The summed E-state index contributed by atoms with van der Waals surface area (Å²) in [5.74, 6) is 0. The smallest absolute Gasteiger partial charge is 0.109 e. The van der Waals surface area contributed by atoms with Crippen LogP contribution in [0.5, 0.6) is 0 Å². The third-order valence-electron chi connectivity index (χ3n) is 2.09. The lowest BCUT2D eigenvalue weighted by atomic mass is 10.4. The normalized spacial score (nSPS) is 12.9. The highest BCUT2D eigenvalue weighted by Gasteiger charge is 2.11. The summed E-state index contributed by atoms with van der Waals surface area (Å²) >= 11 is 0. The van der Waals surface area contributed by atoms with Crippen molar-refractivity contribution >= 4 is 9.68 Å². The highest BCUT2D eigenvalue weighted by atomic mass is 28.2. The number of unbranched alkanes of at least 4 members (excludes halogenated alkanes) is 1. The zero-order valence-corrected chi connectivity index (χ0v) is 11.2. The molecule has 0 saturated carbocycles. The Morgan fingerprint density at radius 3 is 2.08 bits per heavy atom. The van der Waals surface area contributed by atoms with Crippen LogP contribution in [-0.4, -0.2) is 54.0 Å². The van der Waals surface area contributed by atoms with Crippen molar-refractivity contribution in [3.05, 3.63) is 0 Å². The largest absolute Gasteiger partial charge is 0.316 e.